The number of para-hydroxylation sites is 2. The molecule has 13 nitrogen and oxygen atoms in total. The fourth-order valence-electron chi connectivity index (χ4n) is 11.7. The van der Waals surface area contributed by atoms with Gasteiger partial charge in [-0.1, -0.05) is 91.0 Å². The molecule has 6 aromatic carbocycles. The van der Waals surface area contributed by atoms with E-state index >= 15 is 0 Å². The van der Waals surface area contributed by atoms with Crippen LogP contribution in [0.1, 0.15) is 98.5 Å². The number of rotatable bonds is 5. The zero-order chi connectivity index (χ0) is 53.7. The fourth-order valence-corrected chi connectivity index (χ4v) is 11.7. The van der Waals surface area contributed by atoms with Crippen molar-refractivity contribution in [3.05, 3.63) is 167 Å². The number of likely N-dealkylation sites (tertiary alicyclic amines) is 1. The average molecular weight is 1050 g/mol. The van der Waals surface area contributed by atoms with Gasteiger partial charge in [0.25, 0.3) is 0 Å². The van der Waals surface area contributed by atoms with Crippen LogP contribution in [0.2, 0.25) is 0 Å². The van der Waals surface area contributed by atoms with Gasteiger partial charge in [-0.3, -0.25) is 14.5 Å². The van der Waals surface area contributed by atoms with Crippen LogP contribution < -0.4 is 45.5 Å². The minimum Gasteiger partial charge on any atom is -0.793 e. The van der Waals surface area contributed by atoms with Crippen LogP contribution in [0.15, 0.2) is 133 Å². The molecule has 0 bridgehead atoms. The molecule has 0 saturated carbocycles. The van der Waals surface area contributed by atoms with Gasteiger partial charge in [0.05, 0.1) is 0 Å². The summed E-state index contributed by atoms with van der Waals surface area (Å²) in [5.41, 5.74) is 14.0. The Kier molecular flexibility index (Phi) is 20.9. The SMILES string of the molecule is CC(=O)OOC(C)=O.CCn1c2ccccc2c2cc(C=O)ccc21.CCn1c2ccccc2c2cc(CN3CCC4(CC3)NCCc3ccccc34)ccc21.[B-]OC(C)=O.[Na+].c1ccc2c(c1)CCNC21CCNCC1. The maximum absolute atomic E-state index is 10.9. The predicted octanol–water partition coefficient (Wildman–Crippen LogP) is 7.15. The van der Waals surface area contributed by atoms with Gasteiger partial charge >= 0.3 is 41.5 Å². The third-order valence-electron chi connectivity index (χ3n) is 15.2. The second kappa shape index (κ2) is 27.5. The standard InChI is InChI=1S/C28H31N3.C15H13NO.C13H18N2.C4H6O4.C2H3BO2.Na/c1-2-31-26-10-6-4-8-23(26)24-19-21(11-12-27(24)31)20-30-17-14-28(15-18-30)25-9-5-3-7-22(25)13-16-29-28;1-2-16-14-6-4-3-5-12(14)13-9-11(10-17)7-8-15(13)16;1-2-4-12-11(3-1)5-8-15-13(12)6-9-14-10-7-13;1-3(5)7-8-4(2)6;1-2(4)5-3;/h3-12,19,29H,2,13-18,20H2,1H3;3-10H,2H2,1H3;1-4,14-15H,5-10H2;1-2H3;1H3;/q;;;;-1;+1. The topological polar surface area (TPSA) is 145 Å². The van der Waals surface area contributed by atoms with Crippen molar-refractivity contribution in [2.24, 2.45) is 0 Å². The molecule has 12 rings (SSSR count). The Morgan fingerprint density at radius 1 is 0.558 bits per heavy atom. The minimum absolute atomic E-state index is 0. The van der Waals surface area contributed by atoms with Crippen LogP contribution in [0.25, 0.3) is 43.6 Å². The molecule has 0 unspecified atom stereocenters. The van der Waals surface area contributed by atoms with Gasteiger partial charge in [-0.05, 0) is 136 Å². The van der Waals surface area contributed by atoms with Gasteiger partial charge in [-0.25, -0.2) is 19.4 Å². The van der Waals surface area contributed by atoms with Gasteiger partial charge in [0.1, 0.15) is 6.29 Å². The number of piperidine rings is 2. The van der Waals surface area contributed by atoms with Gasteiger partial charge in [-0.15, -0.1) is 0 Å². The first-order chi connectivity index (χ1) is 36.9. The summed E-state index contributed by atoms with van der Waals surface area (Å²) in [6.45, 7) is 17.7. The van der Waals surface area contributed by atoms with Crippen LogP contribution in [0.3, 0.4) is 0 Å². The number of carbonyl (C=O) groups excluding carboxylic acids is 4. The van der Waals surface area contributed by atoms with E-state index in [2.05, 4.69) is 169 Å². The molecular formula is C62H71BN6NaO7. The van der Waals surface area contributed by atoms with E-state index in [1.807, 2.05) is 30.3 Å². The van der Waals surface area contributed by atoms with Crippen molar-refractivity contribution in [2.75, 3.05) is 39.3 Å². The maximum Gasteiger partial charge on any atom is 1.00 e. The van der Waals surface area contributed by atoms with E-state index < -0.39 is 17.9 Å². The molecule has 3 N–H and O–H groups in total. The first kappa shape index (κ1) is 58.6. The molecule has 3 radical (unpaired) electrons. The number of benzene rings is 6. The minimum atomic E-state index is -0.639. The van der Waals surface area contributed by atoms with Crippen molar-refractivity contribution in [2.45, 2.75) is 104 Å². The van der Waals surface area contributed by atoms with Crippen LogP contribution in [0.5, 0.6) is 0 Å². The molecule has 6 heterocycles. The van der Waals surface area contributed by atoms with Crippen molar-refractivity contribution in [1.82, 2.24) is 30.0 Å². The number of hydrogen-bond acceptors (Lipinski definition) is 11. The van der Waals surface area contributed by atoms with E-state index in [0.29, 0.717) is 0 Å². The molecule has 77 heavy (non-hydrogen) atoms. The van der Waals surface area contributed by atoms with Gasteiger partial charge in [-0.2, -0.15) is 0 Å². The molecule has 4 aliphatic rings. The number of aryl methyl sites for hydroxylation is 2. The number of hydrogen-bond donors (Lipinski definition) is 3. The number of fused-ring (bicyclic) bond motifs is 10. The Morgan fingerprint density at radius 3 is 1.48 bits per heavy atom. The van der Waals surface area contributed by atoms with Crippen molar-refractivity contribution >= 4 is 75.9 Å². The van der Waals surface area contributed by atoms with E-state index in [1.165, 1.54) is 82.8 Å². The summed E-state index contributed by atoms with van der Waals surface area (Å²) in [5, 5.41) is 16.2. The molecule has 4 aliphatic heterocycles. The summed E-state index contributed by atoms with van der Waals surface area (Å²) in [7, 11) is 4.32. The molecule has 15 heteroatoms. The van der Waals surface area contributed by atoms with Gasteiger partial charge in [0.15, 0.2) is 0 Å². The summed E-state index contributed by atoms with van der Waals surface area (Å²) in [4.78, 5) is 50.3. The van der Waals surface area contributed by atoms with Crippen LogP contribution >= 0.6 is 0 Å². The Balaban J connectivity index is 0.000000159. The predicted molar refractivity (Wildman–Crippen MR) is 303 cm³/mol. The van der Waals surface area contributed by atoms with Crippen LogP contribution in [-0.2, 0) is 72.4 Å². The second-order valence-electron chi connectivity index (χ2n) is 19.9. The molecule has 2 saturated heterocycles. The van der Waals surface area contributed by atoms with Crippen molar-refractivity contribution in [1.29, 1.82) is 0 Å². The van der Waals surface area contributed by atoms with Crippen molar-refractivity contribution < 1.29 is 63.2 Å². The summed E-state index contributed by atoms with van der Waals surface area (Å²) in [6, 6.07) is 48.2. The third-order valence-corrected chi connectivity index (χ3v) is 15.2. The first-order valence-electron chi connectivity index (χ1n) is 26.7. The summed E-state index contributed by atoms with van der Waals surface area (Å²) >= 11 is 0. The molecule has 8 aromatic rings. The van der Waals surface area contributed by atoms with E-state index in [0.717, 1.165) is 96.4 Å². The quantitative estimate of drug-likeness (QED) is 0.0700. The van der Waals surface area contributed by atoms with E-state index in [9.17, 15) is 19.2 Å². The average Bonchev–Trinajstić information content (AvgIpc) is 3.98. The fraction of sp³-hybridized carbons (Fsp3) is 0.355. The van der Waals surface area contributed by atoms with E-state index in [-0.39, 0.29) is 40.6 Å². The Labute approximate surface area is 476 Å². The maximum atomic E-state index is 10.9. The molecule has 0 amide bonds. The van der Waals surface area contributed by atoms with E-state index in [4.69, 9.17) is 0 Å². The van der Waals surface area contributed by atoms with Crippen LogP contribution in [0, 0.1) is 0 Å². The number of nitrogens with zero attached hydrogens (tertiary/aromatic N) is 3. The monoisotopic (exact) mass is 1050 g/mol. The summed E-state index contributed by atoms with van der Waals surface area (Å²) < 4.78 is 8.32. The zero-order valence-electron chi connectivity index (χ0n) is 45.7. The largest absolute Gasteiger partial charge is 1.00 e. The number of carbonyl (C=O) groups is 4. The van der Waals surface area contributed by atoms with Gasteiger partial charge in [0.2, 0.25) is 5.97 Å². The molecule has 2 fully saturated rings. The molecule has 0 atom stereocenters. The molecule has 395 valence electrons. The number of aromatic nitrogens is 2. The van der Waals surface area contributed by atoms with Gasteiger partial charge in [0, 0.05) is 127 Å². The Hall–Kier alpha value is -6.10. The normalized spacial score (nSPS) is 15.8. The Morgan fingerprint density at radius 2 is 1.00 bits per heavy atom. The first-order valence-corrected chi connectivity index (χ1v) is 26.7. The van der Waals surface area contributed by atoms with Crippen LogP contribution in [-0.4, -0.2) is 85.5 Å². The van der Waals surface area contributed by atoms with Gasteiger partial charge < -0.3 is 37.8 Å². The summed E-state index contributed by atoms with van der Waals surface area (Å²) in [5.74, 6) is -1.74. The zero-order valence-corrected chi connectivity index (χ0v) is 47.7. The smallest absolute Gasteiger partial charge is 0.793 e. The Bertz CT molecular complexity index is 3290. The second-order valence-corrected chi connectivity index (χ2v) is 19.9. The summed E-state index contributed by atoms with van der Waals surface area (Å²) in [6.07, 6.45) is 8.09. The molecule has 2 spiro atoms. The molecule has 2 aromatic heterocycles. The number of aldehydes is 1. The third kappa shape index (κ3) is 13.8. The molecular weight excluding hydrogens is 975 g/mol. The van der Waals surface area contributed by atoms with Crippen molar-refractivity contribution in [3.63, 3.8) is 0 Å². The van der Waals surface area contributed by atoms with Crippen molar-refractivity contribution in [3.8, 4) is 0 Å². The van der Waals surface area contributed by atoms with Crippen LogP contribution in [0.4, 0.5) is 0 Å². The molecule has 0 aliphatic carbocycles. The number of nitrogens with one attached hydrogen (secondary N) is 3. The van der Waals surface area contributed by atoms with E-state index in [1.54, 1.807) is 22.3 Å².